The lowest BCUT2D eigenvalue weighted by atomic mass is 10.1. The average molecular weight is 204 g/mol. The predicted molar refractivity (Wildman–Crippen MR) is 58.4 cm³/mol. The van der Waals surface area contributed by atoms with Gasteiger partial charge in [-0.05, 0) is 11.5 Å². The van der Waals surface area contributed by atoms with Crippen LogP contribution in [0.1, 0.15) is 25.3 Å². The van der Waals surface area contributed by atoms with E-state index in [9.17, 15) is 4.79 Å². The van der Waals surface area contributed by atoms with Gasteiger partial charge in [0.15, 0.2) is 0 Å². The highest BCUT2D eigenvalue weighted by Gasteiger charge is 2.30. The number of ketones is 1. The zero-order valence-corrected chi connectivity index (χ0v) is 8.98. The summed E-state index contributed by atoms with van der Waals surface area (Å²) < 4.78 is 5.75. The summed E-state index contributed by atoms with van der Waals surface area (Å²) in [5.74, 6) is 0.710. The Balaban J connectivity index is 1.86. The molecule has 1 fully saturated rings. The minimum absolute atomic E-state index is 0.123. The Morgan fingerprint density at radius 2 is 2.00 bits per heavy atom. The lowest BCUT2D eigenvalue weighted by Gasteiger charge is -2.15. The normalized spacial score (nSPS) is 25.8. The van der Waals surface area contributed by atoms with Gasteiger partial charge in [0.1, 0.15) is 5.78 Å². The van der Waals surface area contributed by atoms with E-state index in [1.165, 1.54) is 5.56 Å². The van der Waals surface area contributed by atoms with Gasteiger partial charge in [0.25, 0.3) is 0 Å². The molecule has 1 saturated carbocycles. The van der Waals surface area contributed by atoms with E-state index >= 15 is 0 Å². The van der Waals surface area contributed by atoms with Gasteiger partial charge in [0, 0.05) is 12.8 Å². The van der Waals surface area contributed by atoms with Crippen molar-refractivity contribution in [1.29, 1.82) is 0 Å². The standard InChI is InChI=1S/C13H16O2/c1-10-7-12(14)8-13(10)15-9-11-5-3-2-4-6-11/h2-6,10,13H,7-9H2,1H3/t10-,13-/m0/s1. The van der Waals surface area contributed by atoms with Crippen LogP contribution in [0, 0.1) is 5.92 Å². The van der Waals surface area contributed by atoms with Crippen LogP contribution in [-0.2, 0) is 16.1 Å². The average Bonchev–Trinajstić information content (AvgIpc) is 2.56. The van der Waals surface area contributed by atoms with Crippen LogP contribution in [0.25, 0.3) is 0 Å². The Hall–Kier alpha value is -1.15. The lowest BCUT2D eigenvalue weighted by molar-refractivity contribution is -0.118. The first kappa shape index (κ1) is 10.4. The van der Waals surface area contributed by atoms with Crippen molar-refractivity contribution in [2.24, 2.45) is 5.92 Å². The van der Waals surface area contributed by atoms with Gasteiger partial charge in [-0.25, -0.2) is 0 Å². The Bertz CT molecular complexity index is 332. The first-order valence-corrected chi connectivity index (χ1v) is 5.43. The van der Waals surface area contributed by atoms with Gasteiger partial charge in [-0.2, -0.15) is 0 Å². The molecule has 2 rings (SSSR count). The maximum Gasteiger partial charge on any atom is 0.135 e. The first-order valence-electron chi connectivity index (χ1n) is 5.43. The van der Waals surface area contributed by atoms with Gasteiger partial charge in [0.05, 0.1) is 12.7 Å². The first-order chi connectivity index (χ1) is 7.25. The summed E-state index contributed by atoms with van der Waals surface area (Å²) in [6, 6.07) is 10.1. The molecule has 2 nitrogen and oxygen atoms in total. The fraction of sp³-hybridized carbons (Fsp3) is 0.462. The second-order valence-electron chi connectivity index (χ2n) is 4.26. The van der Waals surface area contributed by atoms with E-state index < -0.39 is 0 Å². The van der Waals surface area contributed by atoms with Crippen LogP contribution in [0.15, 0.2) is 30.3 Å². The van der Waals surface area contributed by atoms with Gasteiger partial charge >= 0.3 is 0 Å². The smallest absolute Gasteiger partial charge is 0.135 e. The monoisotopic (exact) mass is 204 g/mol. The minimum atomic E-state index is 0.123. The number of hydrogen-bond acceptors (Lipinski definition) is 2. The van der Waals surface area contributed by atoms with Gasteiger partial charge in [-0.1, -0.05) is 37.3 Å². The molecule has 2 atom stereocenters. The van der Waals surface area contributed by atoms with Crippen molar-refractivity contribution in [3.63, 3.8) is 0 Å². The number of rotatable bonds is 3. The number of hydrogen-bond donors (Lipinski definition) is 0. The summed E-state index contributed by atoms with van der Waals surface area (Å²) in [6.45, 7) is 2.70. The summed E-state index contributed by atoms with van der Waals surface area (Å²) in [6.07, 6.45) is 1.39. The van der Waals surface area contributed by atoms with Crippen molar-refractivity contribution >= 4 is 5.78 Å². The van der Waals surface area contributed by atoms with Crippen LogP contribution in [0.3, 0.4) is 0 Å². The third kappa shape index (κ3) is 2.66. The van der Waals surface area contributed by atoms with Gasteiger partial charge in [-0.15, -0.1) is 0 Å². The molecule has 0 heterocycles. The summed E-state index contributed by atoms with van der Waals surface area (Å²) in [7, 11) is 0. The van der Waals surface area contributed by atoms with Gasteiger partial charge in [-0.3, -0.25) is 4.79 Å². The van der Waals surface area contributed by atoms with Crippen molar-refractivity contribution in [2.45, 2.75) is 32.5 Å². The van der Waals surface area contributed by atoms with Crippen molar-refractivity contribution in [3.05, 3.63) is 35.9 Å². The summed E-state index contributed by atoms with van der Waals surface area (Å²) in [5.41, 5.74) is 1.17. The maximum absolute atomic E-state index is 11.2. The van der Waals surface area contributed by atoms with E-state index in [4.69, 9.17) is 4.74 Å². The van der Waals surface area contributed by atoms with E-state index in [0.717, 1.165) is 0 Å². The van der Waals surface area contributed by atoms with Crippen LogP contribution in [-0.4, -0.2) is 11.9 Å². The fourth-order valence-corrected chi connectivity index (χ4v) is 2.00. The second-order valence-corrected chi connectivity index (χ2v) is 4.26. The Morgan fingerprint density at radius 3 is 2.60 bits per heavy atom. The molecule has 0 aromatic heterocycles. The van der Waals surface area contributed by atoms with Gasteiger partial charge < -0.3 is 4.74 Å². The van der Waals surface area contributed by atoms with Crippen LogP contribution >= 0.6 is 0 Å². The summed E-state index contributed by atoms with van der Waals surface area (Å²) in [5, 5.41) is 0. The molecule has 0 amide bonds. The van der Waals surface area contributed by atoms with E-state index in [1.54, 1.807) is 0 Å². The highest BCUT2D eigenvalue weighted by atomic mass is 16.5. The number of carbonyl (C=O) groups excluding carboxylic acids is 1. The molecule has 15 heavy (non-hydrogen) atoms. The SMILES string of the molecule is C[C@H]1CC(=O)C[C@@H]1OCc1ccccc1. The fourth-order valence-electron chi connectivity index (χ4n) is 2.00. The highest BCUT2D eigenvalue weighted by molar-refractivity contribution is 5.81. The zero-order chi connectivity index (χ0) is 10.7. The zero-order valence-electron chi connectivity index (χ0n) is 8.98. The third-order valence-electron chi connectivity index (χ3n) is 2.92. The van der Waals surface area contributed by atoms with E-state index in [1.807, 2.05) is 30.3 Å². The minimum Gasteiger partial charge on any atom is -0.373 e. The molecule has 0 radical (unpaired) electrons. The van der Waals surface area contributed by atoms with Crippen LogP contribution < -0.4 is 0 Å². The van der Waals surface area contributed by atoms with E-state index in [0.29, 0.717) is 31.1 Å². The Morgan fingerprint density at radius 1 is 1.27 bits per heavy atom. The van der Waals surface area contributed by atoms with E-state index in [-0.39, 0.29) is 6.10 Å². The third-order valence-corrected chi connectivity index (χ3v) is 2.92. The number of ether oxygens (including phenoxy) is 1. The molecule has 0 saturated heterocycles. The molecule has 0 unspecified atom stereocenters. The number of benzene rings is 1. The molecule has 0 N–H and O–H groups in total. The molecule has 2 heteroatoms. The Labute approximate surface area is 90.3 Å². The van der Waals surface area contributed by atoms with Gasteiger partial charge in [0.2, 0.25) is 0 Å². The van der Waals surface area contributed by atoms with Crippen molar-refractivity contribution in [3.8, 4) is 0 Å². The molecule has 0 bridgehead atoms. The number of carbonyl (C=O) groups is 1. The molecule has 0 spiro atoms. The molecular formula is C13H16O2. The van der Waals surface area contributed by atoms with E-state index in [2.05, 4.69) is 6.92 Å². The molecule has 0 aliphatic heterocycles. The van der Waals surface area contributed by atoms with Crippen LogP contribution in [0.4, 0.5) is 0 Å². The lowest BCUT2D eigenvalue weighted by Crippen LogP contribution is -2.15. The predicted octanol–water partition coefficient (Wildman–Crippen LogP) is 2.57. The molecule has 1 aliphatic carbocycles. The molecule has 1 aromatic carbocycles. The molecular weight excluding hydrogens is 188 g/mol. The Kier molecular flexibility index (Phi) is 3.17. The van der Waals surface area contributed by atoms with Crippen LogP contribution in [0.2, 0.25) is 0 Å². The maximum atomic E-state index is 11.2. The molecule has 1 aliphatic rings. The summed E-state index contributed by atoms with van der Waals surface area (Å²) >= 11 is 0. The topological polar surface area (TPSA) is 26.3 Å². The van der Waals surface area contributed by atoms with Crippen molar-refractivity contribution in [1.82, 2.24) is 0 Å². The highest BCUT2D eigenvalue weighted by Crippen LogP contribution is 2.25. The van der Waals surface area contributed by atoms with Crippen LogP contribution in [0.5, 0.6) is 0 Å². The molecule has 80 valence electrons. The largest absolute Gasteiger partial charge is 0.373 e. The second kappa shape index (κ2) is 4.58. The van der Waals surface area contributed by atoms with Crippen molar-refractivity contribution < 1.29 is 9.53 Å². The van der Waals surface area contributed by atoms with Crippen molar-refractivity contribution in [2.75, 3.05) is 0 Å². The molecule has 1 aromatic rings. The quantitative estimate of drug-likeness (QED) is 0.756. The summed E-state index contributed by atoms with van der Waals surface area (Å²) in [4.78, 5) is 11.2. The number of Topliss-reactive ketones (excluding diaryl/α,β-unsaturated/α-hetero) is 1.